The van der Waals surface area contributed by atoms with Crippen LogP contribution in [0.3, 0.4) is 0 Å². The highest BCUT2D eigenvalue weighted by Gasteiger charge is 2.25. The number of benzene rings is 2. The minimum Gasteiger partial charge on any atom is -0.457 e. The van der Waals surface area contributed by atoms with E-state index in [0.29, 0.717) is 0 Å². The van der Waals surface area contributed by atoms with E-state index in [1.807, 2.05) is 6.07 Å². The first-order valence-corrected chi connectivity index (χ1v) is 9.14. The van der Waals surface area contributed by atoms with Crippen molar-refractivity contribution in [2.45, 2.75) is 34.1 Å². The van der Waals surface area contributed by atoms with Gasteiger partial charge in [-0.05, 0) is 51.5 Å². The summed E-state index contributed by atoms with van der Waals surface area (Å²) in [5, 5.41) is 0. The molecule has 1 heterocycles. The standard InChI is InChI=1S/C21H28N2O/c1-5-22(6-2)18-13-14-20-17(21(18)23(7-3)8-4)15-16-11-9-10-12-19(16)24-20/h9-14H,5-8,15H2,1-4H3. The molecular formula is C21H28N2O. The Morgan fingerprint density at radius 1 is 0.792 bits per heavy atom. The molecule has 0 aliphatic carbocycles. The van der Waals surface area contributed by atoms with E-state index < -0.39 is 0 Å². The van der Waals surface area contributed by atoms with Crippen LogP contribution < -0.4 is 14.5 Å². The summed E-state index contributed by atoms with van der Waals surface area (Å²) in [6.45, 7) is 12.9. The number of hydrogen-bond acceptors (Lipinski definition) is 3. The fourth-order valence-electron chi connectivity index (χ4n) is 3.64. The smallest absolute Gasteiger partial charge is 0.133 e. The number of nitrogens with zero attached hydrogens (tertiary/aromatic N) is 2. The Labute approximate surface area is 145 Å². The lowest BCUT2D eigenvalue weighted by atomic mass is 9.96. The van der Waals surface area contributed by atoms with Crippen molar-refractivity contribution >= 4 is 11.4 Å². The zero-order chi connectivity index (χ0) is 17.1. The quantitative estimate of drug-likeness (QED) is 0.629. The minimum absolute atomic E-state index is 0.937. The van der Waals surface area contributed by atoms with Crippen LogP contribution in [0.2, 0.25) is 0 Å². The summed E-state index contributed by atoms with van der Waals surface area (Å²) in [5.41, 5.74) is 5.26. The Bertz CT molecular complexity index is 703. The Hall–Kier alpha value is -2.16. The molecule has 2 aromatic rings. The second-order valence-corrected chi connectivity index (χ2v) is 6.14. The van der Waals surface area contributed by atoms with Gasteiger partial charge in [0.05, 0.1) is 11.4 Å². The summed E-state index contributed by atoms with van der Waals surface area (Å²) < 4.78 is 6.21. The third-order valence-electron chi connectivity index (χ3n) is 4.96. The van der Waals surface area contributed by atoms with Gasteiger partial charge in [0, 0.05) is 38.2 Å². The number of ether oxygens (including phenoxy) is 1. The highest BCUT2D eigenvalue weighted by molar-refractivity contribution is 5.79. The van der Waals surface area contributed by atoms with E-state index in [4.69, 9.17) is 4.74 Å². The van der Waals surface area contributed by atoms with Gasteiger partial charge in [0.25, 0.3) is 0 Å². The van der Waals surface area contributed by atoms with Gasteiger partial charge in [-0.2, -0.15) is 0 Å². The fourth-order valence-corrected chi connectivity index (χ4v) is 3.64. The highest BCUT2D eigenvalue weighted by atomic mass is 16.5. The van der Waals surface area contributed by atoms with Crippen LogP contribution in [0.4, 0.5) is 11.4 Å². The zero-order valence-electron chi connectivity index (χ0n) is 15.3. The summed E-state index contributed by atoms with van der Waals surface area (Å²) in [7, 11) is 0. The van der Waals surface area contributed by atoms with E-state index >= 15 is 0 Å². The Kier molecular flexibility index (Phi) is 4.98. The van der Waals surface area contributed by atoms with Crippen LogP contribution in [0.1, 0.15) is 38.8 Å². The van der Waals surface area contributed by atoms with Crippen LogP contribution in [0.25, 0.3) is 0 Å². The van der Waals surface area contributed by atoms with Gasteiger partial charge in [-0.1, -0.05) is 18.2 Å². The predicted molar refractivity (Wildman–Crippen MR) is 103 cm³/mol. The van der Waals surface area contributed by atoms with E-state index in [1.165, 1.54) is 22.5 Å². The predicted octanol–water partition coefficient (Wildman–Crippen LogP) is 5.08. The van der Waals surface area contributed by atoms with Crippen LogP contribution in [0, 0.1) is 0 Å². The molecule has 24 heavy (non-hydrogen) atoms. The van der Waals surface area contributed by atoms with Crippen LogP contribution >= 0.6 is 0 Å². The normalized spacial score (nSPS) is 12.2. The summed E-state index contributed by atoms with van der Waals surface area (Å²) in [6.07, 6.45) is 0.937. The molecule has 0 saturated heterocycles. The molecule has 0 aromatic heterocycles. The number of hydrogen-bond donors (Lipinski definition) is 0. The van der Waals surface area contributed by atoms with Gasteiger partial charge in [-0.15, -0.1) is 0 Å². The maximum Gasteiger partial charge on any atom is 0.133 e. The van der Waals surface area contributed by atoms with Crippen molar-refractivity contribution < 1.29 is 4.74 Å². The van der Waals surface area contributed by atoms with E-state index in [2.05, 4.69) is 67.8 Å². The molecule has 3 rings (SSSR count). The minimum atomic E-state index is 0.937. The summed E-state index contributed by atoms with van der Waals surface area (Å²) >= 11 is 0. The molecule has 0 fully saturated rings. The summed E-state index contributed by atoms with van der Waals surface area (Å²) in [5.74, 6) is 2.00. The molecule has 2 aromatic carbocycles. The van der Waals surface area contributed by atoms with Crippen molar-refractivity contribution in [3.63, 3.8) is 0 Å². The molecule has 0 radical (unpaired) electrons. The van der Waals surface area contributed by atoms with Gasteiger partial charge >= 0.3 is 0 Å². The molecule has 0 saturated carbocycles. The molecule has 0 spiro atoms. The molecule has 1 aliphatic heterocycles. The van der Waals surface area contributed by atoms with Crippen molar-refractivity contribution in [3.8, 4) is 11.5 Å². The van der Waals surface area contributed by atoms with Gasteiger partial charge in [-0.3, -0.25) is 0 Å². The summed E-state index contributed by atoms with van der Waals surface area (Å²) in [4.78, 5) is 4.90. The van der Waals surface area contributed by atoms with Crippen LogP contribution in [0.5, 0.6) is 11.5 Å². The molecule has 0 N–H and O–H groups in total. The molecule has 0 unspecified atom stereocenters. The zero-order valence-corrected chi connectivity index (χ0v) is 15.3. The lowest BCUT2D eigenvalue weighted by Crippen LogP contribution is -2.29. The molecule has 3 nitrogen and oxygen atoms in total. The molecule has 0 atom stereocenters. The van der Waals surface area contributed by atoms with Crippen LogP contribution in [-0.4, -0.2) is 26.2 Å². The molecule has 128 valence electrons. The number of para-hydroxylation sites is 1. The number of fused-ring (bicyclic) bond motifs is 2. The van der Waals surface area contributed by atoms with Crippen molar-refractivity contribution in [2.24, 2.45) is 0 Å². The Balaban J connectivity index is 2.15. The van der Waals surface area contributed by atoms with Gasteiger partial charge in [-0.25, -0.2) is 0 Å². The van der Waals surface area contributed by atoms with Crippen molar-refractivity contribution in [2.75, 3.05) is 36.0 Å². The maximum absolute atomic E-state index is 6.21. The fraction of sp³-hybridized carbons (Fsp3) is 0.429. The Morgan fingerprint density at radius 2 is 1.46 bits per heavy atom. The van der Waals surface area contributed by atoms with Gasteiger partial charge in [0.15, 0.2) is 0 Å². The first-order valence-electron chi connectivity index (χ1n) is 9.14. The third kappa shape index (κ3) is 2.83. The topological polar surface area (TPSA) is 15.7 Å². The van der Waals surface area contributed by atoms with Crippen molar-refractivity contribution in [1.82, 2.24) is 0 Å². The second kappa shape index (κ2) is 7.16. The van der Waals surface area contributed by atoms with Gasteiger partial charge < -0.3 is 14.5 Å². The lowest BCUT2D eigenvalue weighted by Gasteiger charge is -2.34. The molecule has 1 aliphatic rings. The van der Waals surface area contributed by atoms with Gasteiger partial charge in [0.2, 0.25) is 0 Å². The maximum atomic E-state index is 6.21. The summed E-state index contributed by atoms with van der Waals surface area (Å²) in [6, 6.07) is 12.7. The lowest BCUT2D eigenvalue weighted by molar-refractivity contribution is 0.460. The number of anilines is 2. The molecular weight excluding hydrogens is 296 g/mol. The van der Waals surface area contributed by atoms with Crippen LogP contribution in [-0.2, 0) is 6.42 Å². The average molecular weight is 324 g/mol. The SMILES string of the molecule is CCN(CC)c1ccc2c(c1N(CC)CC)Cc1ccccc1O2. The molecule has 3 heteroatoms. The van der Waals surface area contributed by atoms with Crippen molar-refractivity contribution in [1.29, 1.82) is 0 Å². The van der Waals surface area contributed by atoms with E-state index in [-0.39, 0.29) is 0 Å². The first kappa shape index (κ1) is 16.7. The third-order valence-corrected chi connectivity index (χ3v) is 4.96. The molecule has 0 amide bonds. The van der Waals surface area contributed by atoms with E-state index in [1.54, 1.807) is 0 Å². The molecule has 0 bridgehead atoms. The van der Waals surface area contributed by atoms with E-state index in [0.717, 1.165) is 44.1 Å². The highest BCUT2D eigenvalue weighted by Crippen LogP contribution is 2.45. The van der Waals surface area contributed by atoms with Gasteiger partial charge in [0.1, 0.15) is 11.5 Å². The van der Waals surface area contributed by atoms with E-state index in [9.17, 15) is 0 Å². The average Bonchev–Trinajstić information content (AvgIpc) is 2.63. The Morgan fingerprint density at radius 3 is 2.12 bits per heavy atom. The van der Waals surface area contributed by atoms with Crippen LogP contribution in [0.15, 0.2) is 36.4 Å². The number of rotatable bonds is 6. The second-order valence-electron chi connectivity index (χ2n) is 6.14. The van der Waals surface area contributed by atoms with Crippen molar-refractivity contribution in [3.05, 3.63) is 47.5 Å². The monoisotopic (exact) mass is 324 g/mol. The first-order chi connectivity index (χ1) is 11.7. The largest absolute Gasteiger partial charge is 0.457 e.